The zero-order valence-corrected chi connectivity index (χ0v) is 29.8. The van der Waals surface area contributed by atoms with Gasteiger partial charge < -0.3 is 13.6 Å². The lowest BCUT2D eigenvalue weighted by Gasteiger charge is -2.09. The molecule has 0 aliphatic rings. The summed E-state index contributed by atoms with van der Waals surface area (Å²) in [4.78, 5) is 0. The lowest BCUT2D eigenvalue weighted by Crippen LogP contribution is -1.93. The van der Waals surface area contributed by atoms with Crippen LogP contribution in [-0.4, -0.2) is 9.13 Å². The van der Waals surface area contributed by atoms with Crippen molar-refractivity contribution in [3.05, 3.63) is 194 Å². The smallest absolute Gasteiger partial charge is 0.136 e. The minimum atomic E-state index is 0.890. The first-order valence-corrected chi connectivity index (χ1v) is 18.8. The van der Waals surface area contributed by atoms with Gasteiger partial charge in [-0.15, -0.1) is 0 Å². The summed E-state index contributed by atoms with van der Waals surface area (Å²) in [7, 11) is 0. The molecule has 0 N–H and O–H groups in total. The Morgan fingerprint density at radius 1 is 0.309 bits per heavy atom. The molecule has 12 aromatic rings. The standard InChI is InChI=1S/C52H32N2O/c1-3-13-37(14-4-1)53-45-20-10-9-18-41(45)42-30-34(23-26-46(42)53)35-25-29-49-44(31-35)52-40(19-11-21-50(52)55-49)36-24-27-47-43(32-36)51-39-17-8-7-12-33(39)22-28-48(51)54(47)38-15-5-2-6-16-38/h1-32H. The van der Waals surface area contributed by atoms with E-state index in [9.17, 15) is 0 Å². The van der Waals surface area contributed by atoms with Crippen LogP contribution in [0.1, 0.15) is 0 Å². The molecule has 0 bridgehead atoms. The summed E-state index contributed by atoms with van der Waals surface area (Å²) < 4.78 is 11.3. The van der Waals surface area contributed by atoms with E-state index in [1.165, 1.54) is 65.5 Å². The van der Waals surface area contributed by atoms with E-state index in [4.69, 9.17) is 4.42 Å². The van der Waals surface area contributed by atoms with Gasteiger partial charge >= 0.3 is 0 Å². The van der Waals surface area contributed by atoms with Crippen molar-refractivity contribution in [1.29, 1.82) is 0 Å². The van der Waals surface area contributed by atoms with E-state index in [0.29, 0.717) is 0 Å². The van der Waals surface area contributed by atoms with Crippen molar-refractivity contribution in [2.24, 2.45) is 0 Å². The largest absolute Gasteiger partial charge is 0.456 e. The van der Waals surface area contributed by atoms with Gasteiger partial charge in [-0.2, -0.15) is 0 Å². The fourth-order valence-corrected chi connectivity index (χ4v) is 9.07. The molecule has 3 heterocycles. The molecule has 0 atom stereocenters. The normalized spacial score (nSPS) is 12.0. The number of para-hydroxylation sites is 3. The number of aromatic nitrogens is 2. The average molecular weight is 701 g/mol. The van der Waals surface area contributed by atoms with Gasteiger partial charge in [-0.05, 0) is 112 Å². The first-order chi connectivity index (χ1) is 27.3. The van der Waals surface area contributed by atoms with Crippen LogP contribution in [0.15, 0.2) is 199 Å². The summed E-state index contributed by atoms with van der Waals surface area (Å²) in [5, 5.41) is 9.76. The molecule has 0 unspecified atom stereocenters. The van der Waals surface area contributed by atoms with Gasteiger partial charge in [-0.1, -0.05) is 115 Å². The third-order valence-corrected chi connectivity index (χ3v) is 11.5. The molecule has 3 aromatic heterocycles. The van der Waals surface area contributed by atoms with Gasteiger partial charge in [-0.3, -0.25) is 0 Å². The van der Waals surface area contributed by atoms with E-state index in [0.717, 1.165) is 44.4 Å². The Balaban J connectivity index is 1.06. The van der Waals surface area contributed by atoms with E-state index in [2.05, 4.69) is 203 Å². The van der Waals surface area contributed by atoms with Gasteiger partial charge in [0.15, 0.2) is 0 Å². The molecule has 55 heavy (non-hydrogen) atoms. The van der Waals surface area contributed by atoms with Crippen LogP contribution in [0.2, 0.25) is 0 Å². The van der Waals surface area contributed by atoms with Crippen molar-refractivity contribution >= 4 is 76.3 Å². The molecule has 12 rings (SSSR count). The first-order valence-electron chi connectivity index (χ1n) is 18.8. The van der Waals surface area contributed by atoms with Crippen molar-refractivity contribution in [3.63, 3.8) is 0 Å². The third kappa shape index (κ3) is 4.44. The van der Waals surface area contributed by atoms with Gasteiger partial charge in [0, 0.05) is 43.7 Å². The fourth-order valence-electron chi connectivity index (χ4n) is 9.07. The SMILES string of the molecule is c1ccc(-n2c3ccccc3c3cc(-c4ccc5oc6cccc(-c7ccc8c(c7)c7c9ccccc9ccc7n8-c7ccccc7)c6c5c4)ccc32)cc1. The Morgan fingerprint density at radius 2 is 0.891 bits per heavy atom. The van der Waals surface area contributed by atoms with Crippen LogP contribution < -0.4 is 0 Å². The van der Waals surface area contributed by atoms with Gasteiger partial charge in [0.25, 0.3) is 0 Å². The minimum absolute atomic E-state index is 0.890. The number of fused-ring (bicyclic) bond motifs is 11. The molecule has 0 aliphatic heterocycles. The van der Waals surface area contributed by atoms with Crippen molar-refractivity contribution in [2.75, 3.05) is 0 Å². The zero-order valence-electron chi connectivity index (χ0n) is 29.8. The number of rotatable bonds is 4. The maximum absolute atomic E-state index is 6.56. The molecule has 3 heteroatoms. The molecule has 256 valence electrons. The summed E-state index contributed by atoms with van der Waals surface area (Å²) in [5.74, 6) is 0. The van der Waals surface area contributed by atoms with Gasteiger partial charge in [-0.25, -0.2) is 0 Å². The molecule has 0 saturated heterocycles. The van der Waals surface area contributed by atoms with Crippen LogP contribution in [0.4, 0.5) is 0 Å². The average Bonchev–Trinajstić information content (AvgIpc) is 3.91. The highest BCUT2D eigenvalue weighted by atomic mass is 16.3. The lowest BCUT2D eigenvalue weighted by molar-refractivity contribution is 0.669. The Hall–Kier alpha value is -7.36. The second-order valence-corrected chi connectivity index (χ2v) is 14.5. The van der Waals surface area contributed by atoms with Crippen LogP contribution in [0.25, 0.3) is 110 Å². The molecular formula is C52H32N2O. The van der Waals surface area contributed by atoms with Gasteiger partial charge in [0.1, 0.15) is 11.2 Å². The van der Waals surface area contributed by atoms with E-state index >= 15 is 0 Å². The number of nitrogens with zero attached hydrogens (tertiary/aromatic N) is 2. The summed E-state index contributed by atoms with van der Waals surface area (Å²) >= 11 is 0. The second kappa shape index (κ2) is 11.6. The quantitative estimate of drug-likeness (QED) is 0.179. The predicted molar refractivity (Wildman–Crippen MR) is 231 cm³/mol. The Kier molecular flexibility index (Phi) is 6.34. The summed E-state index contributed by atoms with van der Waals surface area (Å²) in [6.07, 6.45) is 0. The highest BCUT2D eigenvalue weighted by molar-refractivity contribution is 6.23. The zero-order chi connectivity index (χ0) is 36.0. The predicted octanol–water partition coefficient (Wildman–Crippen LogP) is 14.3. The number of benzene rings is 9. The number of furan rings is 1. The molecule has 9 aromatic carbocycles. The van der Waals surface area contributed by atoms with Crippen LogP contribution >= 0.6 is 0 Å². The van der Waals surface area contributed by atoms with Crippen molar-refractivity contribution in [2.45, 2.75) is 0 Å². The van der Waals surface area contributed by atoms with Crippen molar-refractivity contribution in [1.82, 2.24) is 9.13 Å². The molecule has 0 fully saturated rings. The molecular weight excluding hydrogens is 669 g/mol. The second-order valence-electron chi connectivity index (χ2n) is 14.5. The maximum Gasteiger partial charge on any atom is 0.136 e. The number of hydrogen-bond donors (Lipinski definition) is 0. The first kappa shape index (κ1) is 30.1. The summed E-state index contributed by atoms with van der Waals surface area (Å²) in [6.45, 7) is 0. The van der Waals surface area contributed by atoms with Crippen LogP contribution in [-0.2, 0) is 0 Å². The Morgan fingerprint density at radius 3 is 1.69 bits per heavy atom. The Bertz CT molecular complexity index is 3470. The highest BCUT2D eigenvalue weighted by Gasteiger charge is 2.19. The van der Waals surface area contributed by atoms with Crippen LogP contribution in [0, 0.1) is 0 Å². The van der Waals surface area contributed by atoms with Gasteiger partial charge in [0.2, 0.25) is 0 Å². The van der Waals surface area contributed by atoms with Crippen molar-refractivity contribution < 1.29 is 4.42 Å². The third-order valence-electron chi connectivity index (χ3n) is 11.5. The maximum atomic E-state index is 6.56. The minimum Gasteiger partial charge on any atom is -0.456 e. The van der Waals surface area contributed by atoms with E-state index in [1.807, 2.05) is 0 Å². The van der Waals surface area contributed by atoms with Crippen LogP contribution in [0.5, 0.6) is 0 Å². The number of hydrogen-bond acceptors (Lipinski definition) is 1. The topological polar surface area (TPSA) is 23.0 Å². The summed E-state index contributed by atoms with van der Waals surface area (Å²) in [5.41, 5.74) is 13.6. The van der Waals surface area contributed by atoms with E-state index < -0.39 is 0 Å². The monoisotopic (exact) mass is 700 g/mol. The molecule has 0 saturated carbocycles. The highest BCUT2D eigenvalue weighted by Crippen LogP contribution is 2.43. The van der Waals surface area contributed by atoms with Gasteiger partial charge in [0.05, 0.1) is 22.1 Å². The van der Waals surface area contributed by atoms with E-state index in [1.54, 1.807) is 0 Å². The molecule has 0 amide bonds. The Labute approximate surface area is 316 Å². The molecule has 3 nitrogen and oxygen atoms in total. The van der Waals surface area contributed by atoms with E-state index in [-0.39, 0.29) is 0 Å². The molecule has 0 radical (unpaired) electrons. The molecule has 0 aliphatic carbocycles. The van der Waals surface area contributed by atoms with Crippen molar-refractivity contribution in [3.8, 4) is 33.6 Å². The van der Waals surface area contributed by atoms with Crippen LogP contribution in [0.3, 0.4) is 0 Å². The fraction of sp³-hybridized carbons (Fsp3) is 0. The lowest BCUT2D eigenvalue weighted by atomic mass is 9.95. The molecule has 0 spiro atoms. The summed E-state index contributed by atoms with van der Waals surface area (Å²) in [6, 6.07) is 70.2.